The number of amides is 2. The molecule has 38 heavy (non-hydrogen) atoms. The van der Waals surface area contributed by atoms with Crippen molar-refractivity contribution in [2.24, 2.45) is 0 Å². The molecule has 3 aromatic rings. The van der Waals surface area contributed by atoms with E-state index in [-0.39, 0.29) is 17.6 Å². The first-order valence-electron chi connectivity index (χ1n) is 13.4. The molecule has 0 aliphatic carbocycles. The van der Waals surface area contributed by atoms with Crippen molar-refractivity contribution in [3.8, 4) is 0 Å². The van der Waals surface area contributed by atoms with Gasteiger partial charge in [0.05, 0.1) is 22.3 Å². The number of likely N-dealkylation sites (tertiary alicyclic amines) is 1. The molecule has 1 aliphatic rings. The first-order valence-corrected chi connectivity index (χ1v) is 14.2. The van der Waals surface area contributed by atoms with Gasteiger partial charge in [0, 0.05) is 6.54 Å². The Morgan fingerprint density at radius 1 is 1.03 bits per heavy atom. The second-order valence-electron chi connectivity index (χ2n) is 9.73. The molecule has 202 valence electrons. The SMILES string of the molecule is CNCCCC[C@H](NC(=O)[C@@H]1CCCN1C(=O)[C@@H](Cc1ccccc1)NC)C(=O)c1nc2ccccc2s1. The number of unbranched alkanes of at least 4 members (excludes halogenated alkanes) is 1. The molecule has 1 fully saturated rings. The third-order valence-corrected chi connectivity index (χ3v) is 8.13. The Kier molecular flexibility index (Phi) is 9.98. The first kappa shape index (κ1) is 27.9. The van der Waals surface area contributed by atoms with Crippen molar-refractivity contribution in [3.63, 3.8) is 0 Å². The molecule has 8 nitrogen and oxygen atoms in total. The van der Waals surface area contributed by atoms with Crippen LogP contribution in [0.3, 0.4) is 0 Å². The second kappa shape index (κ2) is 13.6. The minimum absolute atomic E-state index is 0.0860. The number of likely N-dealkylation sites (N-methyl/N-ethyl adjacent to an activating group) is 1. The van der Waals surface area contributed by atoms with E-state index < -0.39 is 18.1 Å². The Morgan fingerprint density at radius 2 is 1.79 bits per heavy atom. The van der Waals surface area contributed by atoms with Gasteiger partial charge in [-0.25, -0.2) is 4.98 Å². The number of rotatable bonds is 13. The van der Waals surface area contributed by atoms with Crippen LogP contribution in [0.2, 0.25) is 0 Å². The van der Waals surface area contributed by atoms with Crippen molar-refractivity contribution in [1.82, 2.24) is 25.8 Å². The molecule has 2 aromatic carbocycles. The van der Waals surface area contributed by atoms with Gasteiger partial charge in [-0.3, -0.25) is 14.4 Å². The molecule has 9 heteroatoms. The van der Waals surface area contributed by atoms with E-state index in [4.69, 9.17) is 0 Å². The van der Waals surface area contributed by atoms with Crippen LogP contribution in [0.1, 0.15) is 47.5 Å². The van der Waals surface area contributed by atoms with Crippen LogP contribution in [0.4, 0.5) is 0 Å². The van der Waals surface area contributed by atoms with Gasteiger partial charge in [-0.05, 0) is 76.9 Å². The fourth-order valence-corrected chi connectivity index (χ4v) is 5.94. The molecule has 2 amide bonds. The fourth-order valence-electron chi connectivity index (χ4n) is 4.98. The van der Waals surface area contributed by atoms with E-state index in [1.807, 2.05) is 61.6 Å². The summed E-state index contributed by atoms with van der Waals surface area (Å²) in [5.41, 5.74) is 1.84. The Labute approximate surface area is 228 Å². The monoisotopic (exact) mass is 535 g/mol. The zero-order chi connectivity index (χ0) is 26.9. The normalized spacial score (nSPS) is 16.9. The predicted molar refractivity (Wildman–Crippen MR) is 151 cm³/mol. The summed E-state index contributed by atoms with van der Waals surface area (Å²) in [4.78, 5) is 46.8. The van der Waals surface area contributed by atoms with Gasteiger partial charge < -0.3 is 20.9 Å². The summed E-state index contributed by atoms with van der Waals surface area (Å²) >= 11 is 1.35. The van der Waals surface area contributed by atoms with Gasteiger partial charge in [-0.1, -0.05) is 42.5 Å². The number of ketones is 1. The molecular weight excluding hydrogens is 498 g/mol. The highest BCUT2D eigenvalue weighted by Gasteiger charge is 2.38. The highest BCUT2D eigenvalue weighted by atomic mass is 32.1. The lowest BCUT2D eigenvalue weighted by molar-refractivity contribution is -0.140. The third-order valence-electron chi connectivity index (χ3n) is 7.07. The van der Waals surface area contributed by atoms with Crippen molar-refractivity contribution in [3.05, 3.63) is 65.2 Å². The van der Waals surface area contributed by atoms with E-state index in [1.165, 1.54) is 11.3 Å². The summed E-state index contributed by atoms with van der Waals surface area (Å²) in [5.74, 6) is -0.521. The Morgan fingerprint density at radius 3 is 2.53 bits per heavy atom. The van der Waals surface area contributed by atoms with Gasteiger partial charge in [0.25, 0.3) is 0 Å². The highest BCUT2D eigenvalue weighted by molar-refractivity contribution is 7.20. The molecule has 4 rings (SSSR count). The number of aromatic nitrogens is 1. The third kappa shape index (κ3) is 6.83. The average Bonchev–Trinajstić information content (AvgIpc) is 3.61. The van der Waals surface area contributed by atoms with Gasteiger partial charge in [0.15, 0.2) is 5.01 Å². The quantitative estimate of drug-likeness (QED) is 0.230. The lowest BCUT2D eigenvalue weighted by Gasteiger charge is -2.29. The number of nitrogens with zero attached hydrogens (tertiary/aromatic N) is 2. The molecule has 0 unspecified atom stereocenters. The fraction of sp³-hybridized carbons (Fsp3) is 0.448. The van der Waals surface area contributed by atoms with Crippen molar-refractivity contribution in [2.45, 2.75) is 56.7 Å². The second-order valence-corrected chi connectivity index (χ2v) is 10.8. The molecule has 0 radical (unpaired) electrons. The maximum atomic E-state index is 13.5. The molecule has 0 spiro atoms. The number of hydrogen-bond acceptors (Lipinski definition) is 7. The number of Topliss-reactive ketones (excluding diaryl/α,β-unsaturated/α-hetero) is 1. The van der Waals surface area contributed by atoms with E-state index in [0.29, 0.717) is 30.8 Å². The summed E-state index contributed by atoms with van der Waals surface area (Å²) in [6, 6.07) is 15.8. The molecule has 1 aromatic heterocycles. The van der Waals surface area contributed by atoms with E-state index >= 15 is 0 Å². The highest BCUT2D eigenvalue weighted by Crippen LogP contribution is 2.24. The lowest BCUT2D eigenvalue weighted by atomic mass is 10.0. The van der Waals surface area contributed by atoms with Gasteiger partial charge in [0.2, 0.25) is 17.6 Å². The smallest absolute Gasteiger partial charge is 0.243 e. The average molecular weight is 536 g/mol. The van der Waals surface area contributed by atoms with Crippen LogP contribution in [-0.2, 0) is 16.0 Å². The van der Waals surface area contributed by atoms with Crippen LogP contribution in [0, 0.1) is 0 Å². The first-order chi connectivity index (χ1) is 18.5. The van der Waals surface area contributed by atoms with Gasteiger partial charge in [-0.2, -0.15) is 0 Å². The number of nitrogens with one attached hydrogen (secondary N) is 3. The number of benzene rings is 2. The maximum absolute atomic E-state index is 13.5. The van der Waals surface area contributed by atoms with Crippen molar-refractivity contribution >= 4 is 39.2 Å². The van der Waals surface area contributed by atoms with Gasteiger partial charge in [0.1, 0.15) is 6.04 Å². The van der Waals surface area contributed by atoms with Crippen LogP contribution < -0.4 is 16.0 Å². The largest absolute Gasteiger partial charge is 0.344 e. The van der Waals surface area contributed by atoms with E-state index in [2.05, 4.69) is 20.9 Å². The zero-order valence-electron chi connectivity index (χ0n) is 22.1. The number of hydrogen-bond donors (Lipinski definition) is 3. The van der Waals surface area contributed by atoms with Crippen LogP contribution in [-0.4, -0.2) is 72.8 Å². The molecule has 2 heterocycles. The summed E-state index contributed by atoms with van der Waals surface area (Å²) < 4.78 is 0.945. The number of carbonyl (C=O) groups excluding carboxylic acids is 3. The van der Waals surface area contributed by atoms with Crippen molar-refractivity contribution < 1.29 is 14.4 Å². The number of fused-ring (bicyclic) bond motifs is 1. The van der Waals surface area contributed by atoms with E-state index in [9.17, 15) is 14.4 Å². The Balaban J connectivity index is 1.47. The summed E-state index contributed by atoms with van der Waals surface area (Å²) in [5, 5.41) is 9.67. The van der Waals surface area contributed by atoms with Crippen molar-refractivity contribution in [2.75, 3.05) is 27.2 Å². The van der Waals surface area contributed by atoms with Crippen molar-refractivity contribution in [1.29, 1.82) is 0 Å². The molecule has 3 atom stereocenters. The minimum Gasteiger partial charge on any atom is -0.344 e. The van der Waals surface area contributed by atoms with Crippen LogP contribution in [0.15, 0.2) is 54.6 Å². The number of thiazole rings is 1. The molecule has 0 saturated carbocycles. The van der Waals surface area contributed by atoms with Crippen LogP contribution in [0.25, 0.3) is 10.2 Å². The summed E-state index contributed by atoms with van der Waals surface area (Å²) in [7, 11) is 3.67. The van der Waals surface area contributed by atoms with Crippen LogP contribution in [0.5, 0.6) is 0 Å². The summed E-state index contributed by atoms with van der Waals surface area (Å²) in [6.07, 6.45) is 4.09. The number of para-hydroxylation sites is 1. The van der Waals surface area contributed by atoms with Gasteiger partial charge >= 0.3 is 0 Å². The molecule has 0 bridgehead atoms. The minimum atomic E-state index is -0.679. The molecular formula is C29H37N5O3S. The molecule has 1 aliphatic heterocycles. The topological polar surface area (TPSA) is 103 Å². The lowest BCUT2D eigenvalue weighted by Crippen LogP contribution is -2.54. The van der Waals surface area contributed by atoms with Gasteiger partial charge in [-0.15, -0.1) is 11.3 Å². The summed E-state index contributed by atoms with van der Waals surface area (Å²) in [6.45, 7) is 1.37. The number of carbonyl (C=O) groups is 3. The van der Waals surface area contributed by atoms with E-state index in [1.54, 1.807) is 11.9 Å². The zero-order valence-corrected chi connectivity index (χ0v) is 22.9. The van der Waals surface area contributed by atoms with E-state index in [0.717, 1.165) is 41.6 Å². The molecule has 1 saturated heterocycles. The standard InChI is InChI=1S/C29H37N5O3S/c1-30-17-9-8-14-22(26(35)28-33-21-13-6-7-16-25(21)38-28)32-27(36)24-15-10-18-34(24)29(37)23(31-2)19-20-11-4-3-5-12-20/h3-7,11-13,16,22-24,30-31H,8-10,14-15,17-19H2,1-2H3,(H,32,36)/t22-,23+,24-/m0/s1. The maximum Gasteiger partial charge on any atom is 0.243 e. The Bertz CT molecular complexity index is 1200. The Hall–Kier alpha value is -3.14. The predicted octanol–water partition coefficient (Wildman–Crippen LogP) is 3.18. The molecule has 3 N–H and O–H groups in total. The van der Waals surface area contributed by atoms with Crippen LogP contribution >= 0.6 is 11.3 Å².